The third-order valence-corrected chi connectivity index (χ3v) is 2.52. The van der Waals surface area contributed by atoms with Crippen molar-refractivity contribution in [2.45, 2.75) is 32.7 Å². The summed E-state index contributed by atoms with van der Waals surface area (Å²) in [7, 11) is 0. The quantitative estimate of drug-likeness (QED) is 0.677. The fourth-order valence-corrected chi connectivity index (χ4v) is 1.88. The number of likely N-dealkylation sites (tertiary alicyclic amines) is 1. The molecule has 1 unspecified atom stereocenters. The fraction of sp³-hybridized carbons (Fsp3) is 0.700. The molecule has 0 bridgehead atoms. The Labute approximate surface area is 79.0 Å². The largest absolute Gasteiger partial charge is 0.478 e. The molecule has 0 aromatic heterocycles. The highest BCUT2D eigenvalue weighted by molar-refractivity contribution is 5.79. The van der Waals surface area contributed by atoms with Gasteiger partial charge in [-0.3, -0.25) is 0 Å². The van der Waals surface area contributed by atoms with E-state index in [9.17, 15) is 4.79 Å². The Morgan fingerprint density at radius 3 is 2.85 bits per heavy atom. The van der Waals surface area contributed by atoms with Gasteiger partial charge in [-0.25, -0.2) is 4.79 Å². The number of carbonyl (C=O) groups is 1. The van der Waals surface area contributed by atoms with Crippen molar-refractivity contribution in [1.82, 2.24) is 4.90 Å². The molecule has 0 aliphatic carbocycles. The predicted molar refractivity (Wildman–Crippen MR) is 51.3 cm³/mol. The molecule has 1 atom stereocenters. The molecule has 0 aromatic rings. The highest BCUT2D eigenvalue weighted by atomic mass is 16.4. The van der Waals surface area contributed by atoms with E-state index >= 15 is 0 Å². The standard InChI is InChI=1S/C10H17NO2/c1-8(2)9-4-3-6-11(9)7-5-10(12)13/h5,7-9H,3-4,6H2,1-2H3,(H,12,13). The summed E-state index contributed by atoms with van der Waals surface area (Å²) in [6, 6.07) is 0.524. The highest BCUT2D eigenvalue weighted by Gasteiger charge is 2.24. The van der Waals surface area contributed by atoms with Crippen molar-refractivity contribution in [2.24, 2.45) is 5.92 Å². The zero-order valence-corrected chi connectivity index (χ0v) is 8.23. The first kappa shape index (κ1) is 10.1. The summed E-state index contributed by atoms with van der Waals surface area (Å²) in [5.41, 5.74) is 0. The molecule has 74 valence electrons. The van der Waals surface area contributed by atoms with Gasteiger partial charge in [0, 0.05) is 24.9 Å². The normalized spacial score (nSPS) is 23.3. The summed E-state index contributed by atoms with van der Waals surface area (Å²) in [5.74, 6) is -0.268. The summed E-state index contributed by atoms with van der Waals surface area (Å²) in [5, 5.41) is 8.49. The molecular weight excluding hydrogens is 166 g/mol. The Kier molecular flexibility index (Phi) is 3.34. The molecule has 3 nitrogen and oxygen atoms in total. The summed E-state index contributed by atoms with van der Waals surface area (Å²) < 4.78 is 0. The molecule has 0 aromatic carbocycles. The van der Waals surface area contributed by atoms with Crippen molar-refractivity contribution in [3.8, 4) is 0 Å². The first-order valence-corrected chi connectivity index (χ1v) is 4.78. The van der Waals surface area contributed by atoms with Gasteiger partial charge in [0.25, 0.3) is 0 Å². The van der Waals surface area contributed by atoms with Gasteiger partial charge in [0.15, 0.2) is 0 Å². The minimum atomic E-state index is -0.866. The molecular formula is C10H17NO2. The Balaban J connectivity index is 2.53. The zero-order valence-electron chi connectivity index (χ0n) is 8.23. The molecule has 1 heterocycles. The van der Waals surface area contributed by atoms with Gasteiger partial charge in [-0.15, -0.1) is 0 Å². The molecule has 1 rings (SSSR count). The van der Waals surface area contributed by atoms with Crippen LogP contribution in [0.25, 0.3) is 0 Å². The number of carboxylic acid groups (broad SMARTS) is 1. The van der Waals surface area contributed by atoms with Crippen LogP contribution in [0.1, 0.15) is 26.7 Å². The second kappa shape index (κ2) is 4.30. The van der Waals surface area contributed by atoms with Gasteiger partial charge in [0.05, 0.1) is 0 Å². The number of hydrogen-bond acceptors (Lipinski definition) is 2. The number of hydrogen-bond donors (Lipinski definition) is 1. The zero-order chi connectivity index (χ0) is 9.84. The number of aliphatic carboxylic acids is 1. The lowest BCUT2D eigenvalue weighted by molar-refractivity contribution is -0.131. The van der Waals surface area contributed by atoms with E-state index < -0.39 is 5.97 Å². The molecule has 0 amide bonds. The highest BCUT2D eigenvalue weighted by Crippen LogP contribution is 2.23. The third kappa shape index (κ3) is 2.76. The van der Waals surface area contributed by atoms with Crippen molar-refractivity contribution < 1.29 is 9.90 Å². The summed E-state index contributed by atoms with van der Waals surface area (Å²) in [4.78, 5) is 12.5. The van der Waals surface area contributed by atoms with Crippen LogP contribution in [-0.4, -0.2) is 28.6 Å². The summed E-state index contributed by atoms with van der Waals surface area (Å²) in [6.45, 7) is 5.35. The maximum Gasteiger partial charge on any atom is 0.329 e. The van der Waals surface area contributed by atoms with Crippen LogP contribution in [0.3, 0.4) is 0 Å². The molecule has 13 heavy (non-hydrogen) atoms. The van der Waals surface area contributed by atoms with E-state index in [2.05, 4.69) is 18.7 Å². The molecule has 1 fully saturated rings. The van der Waals surface area contributed by atoms with E-state index in [4.69, 9.17) is 5.11 Å². The van der Waals surface area contributed by atoms with Crippen LogP contribution < -0.4 is 0 Å². The first-order valence-electron chi connectivity index (χ1n) is 4.78. The van der Waals surface area contributed by atoms with Gasteiger partial charge >= 0.3 is 5.97 Å². The van der Waals surface area contributed by atoms with Crippen molar-refractivity contribution >= 4 is 5.97 Å². The average molecular weight is 183 g/mol. The van der Waals surface area contributed by atoms with E-state index in [1.165, 1.54) is 18.9 Å². The lowest BCUT2D eigenvalue weighted by Gasteiger charge is -2.25. The Morgan fingerprint density at radius 1 is 1.62 bits per heavy atom. The molecule has 1 aliphatic rings. The van der Waals surface area contributed by atoms with Crippen LogP contribution in [0.5, 0.6) is 0 Å². The van der Waals surface area contributed by atoms with Gasteiger partial charge < -0.3 is 10.0 Å². The Hall–Kier alpha value is -0.990. The maximum atomic E-state index is 10.3. The van der Waals surface area contributed by atoms with Crippen molar-refractivity contribution in [3.05, 3.63) is 12.3 Å². The van der Waals surface area contributed by atoms with Crippen molar-refractivity contribution in [2.75, 3.05) is 6.54 Å². The van der Waals surface area contributed by atoms with Gasteiger partial charge in [-0.1, -0.05) is 13.8 Å². The number of carboxylic acids is 1. The van der Waals surface area contributed by atoms with Crippen LogP contribution in [0, 0.1) is 5.92 Å². The fourth-order valence-electron chi connectivity index (χ4n) is 1.88. The summed E-state index contributed by atoms with van der Waals surface area (Å²) in [6.07, 6.45) is 5.29. The topological polar surface area (TPSA) is 40.5 Å². The van der Waals surface area contributed by atoms with Crippen molar-refractivity contribution in [1.29, 1.82) is 0 Å². The predicted octanol–water partition coefficient (Wildman–Crippen LogP) is 1.71. The molecule has 3 heteroatoms. The number of rotatable bonds is 3. The van der Waals surface area contributed by atoms with Gasteiger partial charge in [-0.05, 0) is 18.8 Å². The minimum Gasteiger partial charge on any atom is -0.478 e. The van der Waals surface area contributed by atoms with Crippen LogP contribution in [-0.2, 0) is 4.79 Å². The SMILES string of the molecule is CC(C)C1CCCN1C=CC(=O)O. The van der Waals surface area contributed by atoms with E-state index in [-0.39, 0.29) is 0 Å². The lowest BCUT2D eigenvalue weighted by Crippen LogP contribution is -2.28. The van der Waals surface area contributed by atoms with E-state index in [1.807, 2.05) is 0 Å². The van der Waals surface area contributed by atoms with Crippen LogP contribution >= 0.6 is 0 Å². The van der Waals surface area contributed by atoms with Crippen LogP contribution in [0.2, 0.25) is 0 Å². The molecule has 1 N–H and O–H groups in total. The van der Waals surface area contributed by atoms with E-state index in [1.54, 1.807) is 6.20 Å². The third-order valence-electron chi connectivity index (χ3n) is 2.52. The minimum absolute atomic E-state index is 0.524. The van der Waals surface area contributed by atoms with Crippen LogP contribution in [0.15, 0.2) is 12.3 Å². The lowest BCUT2D eigenvalue weighted by atomic mass is 10.0. The van der Waals surface area contributed by atoms with Crippen molar-refractivity contribution in [3.63, 3.8) is 0 Å². The van der Waals surface area contributed by atoms with Crippen LogP contribution in [0.4, 0.5) is 0 Å². The Morgan fingerprint density at radius 2 is 2.31 bits per heavy atom. The van der Waals surface area contributed by atoms with Gasteiger partial charge in [0.2, 0.25) is 0 Å². The first-order chi connectivity index (χ1) is 6.11. The average Bonchev–Trinajstić information content (AvgIpc) is 2.47. The maximum absolute atomic E-state index is 10.3. The Bertz CT molecular complexity index is 211. The molecule has 1 aliphatic heterocycles. The van der Waals surface area contributed by atoms with E-state index in [0.717, 1.165) is 6.54 Å². The van der Waals surface area contributed by atoms with E-state index in [0.29, 0.717) is 12.0 Å². The second-order valence-corrected chi connectivity index (χ2v) is 3.85. The molecule has 1 saturated heterocycles. The molecule has 0 saturated carbocycles. The van der Waals surface area contributed by atoms with Gasteiger partial charge in [-0.2, -0.15) is 0 Å². The second-order valence-electron chi connectivity index (χ2n) is 3.85. The molecule has 0 spiro atoms. The monoisotopic (exact) mass is 183 g/mol. The summed E-state index contributed by atoms with van der Waals surface area (Å²) >= 11 is 0. The molecule has 0 radical (unpaired) electrons. The number of nitrogens with zero attached hydrogens (tertiary/aromatic N) is 1. The smallest absolute Gasteiger partial charge is 0.329 e. The van der Waals surface area contributed by atoms with Gasteiger partial charge in [0.1, 0.15) is 0 Å².